The van der Waals surface area contributed by atoms with E-state index in [4.69, 9.17) is 0 Å². The highest BCUT2D eigenvalue weighted by molar-refractivity contribution is 5.15. The van der Waals surface area contributed by atoms with Crippen LogP contribution in [0.1, 0.15) is 30.9 Å². The summed E-state index contributed by atoms with van der Waals surface area (Å²) in [5.74, 6) is 0. The molecule has 0 spiro atoms. The third kappa shape index (κ3) is 1.53. The van der Waals surface area contributed by atoms with Gasteiger partial charge in [0.25, 0.3) is 0 Å². The van der Waals surface area contributed by atoms with Gasteiger partial charge in [0.15, 0.2) is 0 Å². The van der Waals surface area contributed by atoms with E-state index in [1.54, 1.807) is 0 Å². The number of rotatable bonds is 1. The Bertz CT molecular complexity index is 246. The van der Waals surface area contributed by atoms with Gasteiger partial charge in [0.1, 0.15) is 0 Å². The SMILES string of the molecule is Cn1ccc(C2CCCCN2)c1. The summed E-state index contributed by atoms with van der Waals surface area (Å²) in [5, 5.41) is 3.54. The lowest BCUT2D eigenvalue weighted by Gasteiger charge is -2.22. The van der Waals surface area contributed by atoms with Gasteiger partial charge in [-0.2, -0.15) is 0 Å². The van der Waals surface area contributed by atoms with E-state index in [1.165, 1.54) is 31.4 Å². The predicted molar refractivity (Wildman–Crippen MR) is 50.0 cm³/mol. The molecule has 1 aromatic rings. The van der Waals surface area contributed by atoms with Crippen LogP contribution in [0.2, 0.25) is 0 Å². The van der Waals surface area contributed by atoms with Gasteiger partial charge in [0.2, 0.25) is 0 Å². The van der Waals surface area contributed by atoms with Crippen molar-refractivity contribution in [3.8, 4) is 0 Å². The number of aryl methyl sites for hydroxylation is 1. The second-order valence-corrected chi connectivity index (χ2v) is 3.61. The first kappa shape index (κ1) is 7.87. The zero-order valence-electron chi connectivity index (χ0n) is 7.59. The van der Waals surface area contributed by atoms with Gasteiger partial charge in [0, 0.05) is 25.5 Å². The molecule has 0 aromatic carbocycles. The van der Waals surface area contributed by atoms with Crippen LogP contribution in [0.5, 0.6) is 0 Å². The zero-order valence-corrected chi connectivity index (χ0v) is 7.59. The fourth-order valence-electron chi connectivity index (χ4n) is 1.87. The summed E-state index contributed by atoms with van der Waals surface area (Å²) in [5.41, 5.74) is 1.44. The monoisotopic (exact) mass is 164 g/mol. The van der Waals surface area contributed by atoms with Crippen molar-refractivity contribution in [3.05, 3.63) is 24.0 Å². The largest absolute Gasteiger partial charge is 0.357 e. The van der Waals surface area contributed by atoms with Crippen LogP contribution < -0.4 is 5.32 Å². The zero-order chi connectivity index (χ0) is 8.39. The highest BCUT2D eigenvalue weighted by Crippen LogP contribution is 2.22. The van der Waals surface area contributed by atoms with Gasteiger partial charge in [0.05, 0.1) is 0 Å². The smallest absolute Gasteiger partial charge is 0.0335 e. The molecule has 0 bridgehead atoms. The normalized spacial score (nSPS) is 24.2. The number of nitrogens with zero attached hydrogens (tertiary/aromatic N) is 1. The Kier molecular flexibility index (Phi) is 2.17. The van der Waals surface area contributed by atoms with Crippen molar-refractivity contribution in [3.63, 3.8) is 0 Å². The molecule has 0 aliphatic carbocycles. The number of hydrogen-bond acceptors (Lipinski definition) is 1. The van der Waals surface area contributed by atoms with Gasteiger partial charge in [-0.1, -0.05) is 6.42 Å². The van der Waals surface area contributed by atoms with Crippen molar-refractivity contribution in [2.24, 2.45) is 7.05 Å². The summed E-state index contributed by atoms with van der Waals surface area (Å²) in [7, 11) is 2.08. The average Bonchev–Trinajstić information content (AvgIpc) is 2.54. The Morgan fingerprint density at radius 1 is 1.50 bits per heavy atom. The maximum absolute atomic E-state index is 3.54. The van der Waals surface area contributed by atoms with Crippen molar-refractivity contribution in [2.45, 2.75) is 25.3 Å². The summed E-state index contributed by atoms with van der Waals surface area (Å²) >= 11 is 0. The molecule has 0 saturated carbocycles. The maximum Gasteiger partial charge on any atom is 0.0335 e. The van der Waals surface area contributed by atoms with Crippen molar-refractivity contribution in [1.29, 1.82) is 0 Å². The third-order valence-corrected chi connectivity index (χ3v) is 2.57. The minimum Gasteiger partial charge on any atom is -0.357 e. The van der Waals surface area contributed by atoms with Crippen molar-refractivity contribution in [1.82, 2.24) is 9.88 Å². The average molecular weight is 164 g/mol. The molecule has 0 amide bonds. The molecule has 2 rings (SSSR count). The van der Waals surface area contributed by atoms with Crippen molar-refractivity contribution < 1.29 is 0 Å². The highest BCUT2D eigenvalue weighted by Gasteiger charge is 2.14. The molecule has 2 nitrogen and oxygen atoms in total. The molecule has 2 heteroatoms. The molecule has 1 saturated heterocycles. The molecule has 1 atom stereocenters. The van der Waals surface area contributed by atoms with Crippen molar-refractivity contribution >= 4 is 0 Å². The first-order valence-electron chi connectivity index (χ1n) is 4.71. The molecule has 2 heterocycles. The Hall–Kier alpha value is -0.760. The van der Waals surface area contributed by atoms with Gasteiger partial charge in [-0.25, -0.2) is 0 Å². The minimum absolute atomic E-state index is 0.611. The quantitative estimate of drug-likeness (QED) is 0.670. The van der Waals surface area contributed by atoms with E-state index < -0.39 is 0 Å². The van der Waals surface area contributed by atoms with Crippen LogP contribution in [0.15, 0.2) is 18.5 Å². The van der Waals surface area contributed by atoms with Crippen LogP contribution in [0.3, 0.4) is 0 Å². The molecule has 1 fully saturated rings. The Morgan fingerprint density at radius 2 is 2.42 bits per heavy atom. The fourth-order valence-corrected chi connectivity index (χ4v) is 1.87. The van der Waals surface area contributed by atoms with Crippen molar-refractivity contribution in [2.75, 3.05) is 6.54 Å². The van der Waals surface area contributed by atoms with Crippen LogP contribution in [0.4, 0.5) is 0 Å². The van der Waals surface area contributed by atoms with Gasteiger partial charge >= 0.3 is 0 Å². The first-order chi connectivity index (χ1) is 5.86. The molecule has 12 heavy (non-hydrogen) atoms. The van der Waals surface area contributed by atoms with Crippen LogP contribution in [0.25, 0.3) is 0 Å². The number of nitrogens with one attached hydrogen (secondary N) is 1. The van der Waals surface area contributed by atoms with E-state index in [0.29, 0.717) is 6.04 Å². The van der Waals surface area contributed by atoms with E-state index in [0.717, 1.165) is 0 Å². The molecule has 1 aromatic heterocycles. The number of aromatic nitrogens is 1. The van der Waals surface area contributed by atoms with Crippen LogP contribution >= 0.6 is 0 Å². The van der Waals surface area contributed by atoms with Crippen LogP contribution in [0, 0.1) is 0 Å². The molecular weight excluding hydrogens is 148 g/mol. The Balaban J connectivity index is 2.08. The van der Waals surface area contributed by atoms with Crippen LogP contribution in [-0.4, -0.2) is 11.1 Å². The fraction of sp³-hybridized carbons (Fsp3) is 0.600. The molecule has 1 aliphatic rings. The summed E-state index contributed by atoms with van der Waals surface area (Å²) in [6.45, 7) is 1.18. The molecule has 1 aliphatic heterocycles. The number of piperidine rings is 1. The summed E-state index contributed by atoms with van der Waals surface area (Å²) < 4.78 is 2.12. The molecule has 1 unspecified atom stereocenters. The van der Waals surface area contributed by atoms with E-state index in [2.05, 4.69) is 35.4 Å². The van der Waals surface area contributed by atoms with Crippen LogP contribution in [-0.2, 0) is 7.05 Å². The second-order valence-electron chi connectivity index (χ2n) is 3.61. The molecule has 1 N–H and O–H groups in total. The van der Waals surface area contributed by atoms with Gasteiger partial charge in [-0.15, -0.1) is 0 Å². The Morgan fingerprint density at radius 3 is 3.00 bits per heavy atom. The Labute approximate surface area is 73.6 Å². The van der Waals surface area contributed by atoms with E-state index >= 15 is 0 Å². The van der Waals surface area contributed by atoms with Gasteiger partial charge in [-0.3, -0.25) is 0 Å². The minimum atomic E-state index is 0.611. The number of hydrogen-bond donors (Lipinski definition) is 1. The first-order valence-corrected chi connectivity index (χ1v) is 4.71. The van der Waals surface area contributed by atoms with Gasteiger partial charge in [-0.05, 0) is 31.0 Å². The summed E-state index contributed by atoms with van der Waals surface area (Å²) in [4.78, 5) is 0. The third-order valence-electron chi connectivity index (χ3n) is 2.57. The summed E-state index contributed by atoms with van der Waals surface area (Å²) in [6.07, 6.45) is 8.33. The second kappa shape index (κ2) is 3.31. The lowest BCUT2D eigenvalue weighted by Crippen LogP contribution is -2.26. The lowest BCUT2D eigenvalue weighted by atomic mass is 10.0. The maximum atomic E-state index is 3.54. The van der Waals surface area contributed by atoms with E-state index in [9.17, 15) is 0 Å². The molecule has 66 valence electrons. The van der Waals surface area contributed by atoms with E-state index in [1.807, 2.05) is 0 Å². The highest BCUT2D eigenvalue weighted by atomic mass is 14.9. The predicted octanol–water partition coefficient (Wildman–Crippen LogP) is 1.84. The van der Waals surface area contributed by atoms with Gasteiger partial charge < -0.3 is 9.88 Å². The standard InChI is InChI=1S/C10H16N2/c1-12-7-5-9(8-12)10-4-2-3-6-11-10/h5,7-8,10-11H,2-4,6H2,1H3. The summed E-state index contributed by atoms with van der Waals surface area (Å²) in [6, 6.07) is 2.82. The molecular formula is C10H16N2. The topological polar surface area (TPSA) is 17.0 Å². The molecule has 0 radical (unpaired) electrons. The lowest BCUT2D eigenvalue weighted by molar-refractivity contribution is 0.412. The van der Waals surface area contributed by atoms with E-state index in [-0.39, 0.29) is 0 Å².